The molecule has 0 aromatic heterocycles. The number of halogens is 1. The minimum Gasteiger partial charge on any atom is -0.289 e. The summed E-state index contributed by atoms with van der Waals surface area (Å²) in [6.07, 6.45) is 5.35. The van der Waals surface area contributed by atoms with Crippen molar-refractivity contribution in [3.63, 3.8) is 0 Å². The normalized spacial score (nSPS) is 22.9. The van der Waals surface area contributed by atoms with Gasteiger partial charge in [-0.1, -0.05) is 36.4 Å². The van der Waals surface area contributed by atoms with Gasteiger partial charge in [0.2, 0.25) is 0 Å². The van der Waals surface area contributed by atoms with Gasteiger partial charge in [-0.2, -0.15) is 5.26 Å². The van der Waals surface area contributed by atoms with Gasteiger partial charge in [-0.25, -0.2) is 4.39 Å². The highest BCUT2D eigenvalue weighted by molar-refractivity contribution is 5.69. The van der Waals surface area contributed by atoms with Crippen molar-refractivity contribution in [2.24, 2.45) is 0 Å². The highest BCUT2D eigenvalue weighted by atomic mass is 19.1. The van der Waals surface area contributed by atoms with Crippen LogP contribution in [0.25, 0.3) is 5.57 Å². The lowest BCUT2D eigenvalue weighted by atomic mass is 9.93. The van der Waals surface area contributed by atoms with Gasteiger partial charge in [0, 0.05) is 24.2 Å². The minimum atomic E-state index is -0.226. The van der Waals surface area contributed by atoms with E-state index in [9.17, 15) is 4.39 Å². The van der Waals surface area contributed by atoms with Gasteiger partial charge in [0.15, 0.2) is 0 Å². The molecule has 1 saturated heterocycles. The van der Waals surface area contributed by atoms with E-state index in [1.807, 2.05) is 6.07 Å². The molecular formula is C21H19FN2. The molecule has 120 valence electrons. The molecule has 1 fully saturated rings. The minimum absolute atomic E-state index is 0.226. The standard InChI is InChI=1S/C21H19FN2/c22-21-9-6-16(13-23)10-20(21)17-11-18-7-8-19(12-17)24(18)14-15-4-2-1-3-5-15/h1-6,9-11,18-19H,7-8,12,14H2. The van der Waals surface area contributed by atoms with Crippen molar-refractivity contribution in [2.45, 2.75) is 37.9 Å². The van der Waals surface area contributed by atoms with Crippen molar-refractivity contribution < 1.29 is 4.39 Å². The van der Waals surface area contributed by atoms with Crippen molar-refractivity contribution in [3.8, 4) is 6.07 Å². The van der Waals surface area contributed by atoms with Crippen molar-refractivity contribution >= 4 is 5.57 Å². The molecule has 0 radical (unpaired) electrons. The Bertz CT molecular complexity index is 819. The summed E-state index contributed by atoms with van der Waals surface area (Å²) in [5.41, 5.74) is 3.50. The smallest absolute Gasteiger partial charge is 0.130 e. The molecule has 3 heteroatoms. The first-order valence-corrected chi connectivity index (χ1v) is 8.45. The molecule has 0 amide bonds. The van der Waals surface area contributed by atoms with Crippen LogP contribution < -0.4 is 0 Å². The summed E-state index contributed by atoms with van der Waals surface area (Å²) in [7, 11) is 0. The summed E-state index contributed by atoms with van der Waals surface area (Å²) in [5.74, 6) is -0.226. The third-order valence-electron chi connectivity index (χ3n) is 5.19. The molecular weight excluding hydrogens is 299 g/mol. The van der Waals surface area contributed by atoms with Gasteiger partial charge in [0.05, 0.1) is 11.6 Å². The van der Waals surface area contributed by atoms with Gasteiger partial charge in [0.25, 0.3) is 0 Å². The molecule has 2 nitrogen and oxygen atoms in total. The number of rotatable bonds is 3. The predicted octanol–water partition coefficient (Wildman–Crippen LogP) is 4.52. The number of benzene rings is 2. The van der Waals surface area contributed by atoms with E-state index in [1.54, 1.807) is 12.1 Å². The Morgan fingerprint density at radius 1 is 1.12 bits per heavy atom. The Balaban J connectivity index is 1.61. The molecule has 2 aromatic carbocycles. The largest absolute Gasteiger partial charge is 0.289 e. The third-order valence-corrected chi connectivity index (χ3v) is 5.19. The molecule has 2 aliphatic heterocycles. The van der Waals surface area contributed by atoms with Crippen LogP contribution >= 0.6 is 0 Å². The molecule has 0 saturated carbocycles. The van der Waals surface area contributed by atoms with Crippen LogP contribution in [0.3, 0.4) is 0 Å². The van der Waals surface area contributed by atoms with Crippen LogP contribution in [0.4, 0.5) is 4.39 Å². The number of fused-ring (bicyclic) bond motifs is 2. The van der Waals surface area contributed by atoms with Crippen molar-refractivity contribution in [3.05, 3.63) is 77.1 Å². The van der Waals surface area contributed by atoms with Crippen molar-refractivity contribution in [2.75, 3.05) is 0 Å². The van der Waals surface area contributed by atoms with Gasteiger partial charge in [0.1, 0.15) is 5.82 Å². The van der Waals surface area contributed by atoms with Crippen LogP contribution in [0.15, 0.2) is 54.6 Å². The molecule has 24 heavy (non-hydrogen) atoms. The maximum atomic E-state index is 14.2. The van der Waals surface area contributed by atoms with Crippen LogP contribution in [-0.2, 0) is 6.54 Å². The average molecular weight is 318 g/mol. The quantitative estimate of drug-likeness (QED) is 0.832. The zero-order valence-electron chi connectivity index (χ0n) is 13.5. The summed E-state index contributed by atoms with van der Waals surface area (Å²) < 4.78 is 14.2. The zero-order chi connectivity index (χ0) is 16.5. The van der Waals surface area contributed by atoms with Crippen LogP contribution in [0.5, 0.6) is 0 Å². The monoisotopic (exact) mass is 318 g/mol. The summed E-state index contributed by atoms with van der Waals surface area (Å²) in [6, 6.07) is 18.1. The van der Waals surface area contributed by atoms with Crippen molar-refractivity contribution in [1.29, 1.82) is 5.26 Å². The van der Waals surface area contributed by atoms with E-state index in [4.69, 9.17) is 5.26 Å². The number of hydrogen-bond donors (Lipinski definition) is 0. The van der Waals surface area contributed by atoms with Crippen LogP contribution in [0.1, 0.15) is 36.0 Å². The first-order chi connectivity index (χ1) is 11.7. The topological polar surface area (TPSA) is 27.0 Å². The molecule has 2 bridgehead atoms. The second kappa shape index (κ2) is 6.22. The lowest BCUT2D eigenvalue weighted by Crippen LogP contribution is -2.37. The Hall–Kier alpha value is -2.44. The Kier molecular flexibility index (Phi) is 3.92. The molecule has 0 N–H and O–H groups in total. The fraction of sp³-hybridized carbons (Fsp3) is 0.286. The van der Waals surface area contributed by atoms with Gasteiger partial charge in [-0.3, -0.25) is 4.90 Å². The highest BCUT2D eigenvalue weighted by Gasteiger charge is 2.36. The van der Waals surface area contributed by atoms with E-state index in [1.165, 1.54) is 11.6 Å². The van der Waals surface area contributed by atoms with Gasteiger partial charge >= 0.3 is 0 Å². The van der Waals surface area contributed by atoms with Crippen LogP contribution in [-0.4, -0.2) is 17.0 Å². The van der Waals surface area contributed by atoms with Gasteiger partial charge < -0.3 is 0 Å². The fourth-order valence-corrected chi connectivity index (χ4v) is 4.00. The summed E-state index contributed by atoms with van der Waals surface area (Å²) in [5, 5.41) is 9.07. The highest BCUT2D eigenvalue weighted by Crippen LogP contribution is 2.40. The maximum absolute atomic E-state index is 14.2. The van der Waals surface area contributed by atoms with Gasteiger partial charge in [-0.05, 0) is 48.6 Å². The number of nitrogens with zero attached hydrogens (tertiary/aromatic N) is 2. The molecule has 2 unspecified atom stereocenters. The molecule has 2 aromatic rings. The maximum Gasteiger partial charge on any atom is 0.130 e. The Labute approximate surface area is 141 Å². The van der Waals surface area contributed by atoms with E-state index in [0.29, 0.717) is 23.2 Å². The van der Waals surface area contributed by atoms with E-state index >= 15 is 0 Å². The van der Waals surface area contributed by atoms with Crippen molar-refractivity contribution in [1.82, 2.24) is 4.90 Å². The summed E-state index contributed by atoms with van der Waals surface area (Å²) in [4.78, 5) is 2.53. The van der Waals surface area contributed by atoms with Crippen LogP contribution in [0, 0.1) is 17.1 Å². The fourth-order valence-electron chi connectivity index (χ4n) is 4.00. The molecule has 4 rings (SSSR count). The zero-order valence-corrected chi connectivity index (χ0v) is 13.5. The van der Waals surface area contributed by atoms with E-state index < -0.39 is 0 Å². The van der Waals surface area contributed by atoms with E-state index in [0.717, 1.165) is 31.4 Å². The third kappa shape index (κ3) is 2.74. The summed E-state index contributed by atoms with van der Waals surface area (Å²) >= 11 is 0. The Morgan fingerprint density at radius 3 is 2.71 bits per heavy atom. The molecule has 0 spiro atoms. The molecule has 2 aliphatic rings. The first kappa shape index (κ1) is 15.1. The Morgan fingerprint density at radius 2 is 1.96 bits per heavy atom. The second-order valence-electron chi connectivity index (χ2n) is 6.66. The number of nitriles is 1. The van der Waals surface area contributed by atoms with E-state index in [2.05, 4.69) is 41.3 Å². The molecule has 2 atom stereocenters. The first-order valence-electron chi connectivity index (χ1n) is 8.45. The van der Waals surface area contributed by atoms with Gasteiger partial charge in [-0.15, -0.1) is 0 Å². The predicted molar refractivity (Wildman–Crippen MR) is 92.5 cm³/mol. The molecule has 2 heterocycles. The SMILES string of the molecule is N#Cc1ccc(F)c(C2=CC3CCC(C2)N3Cc2ccccc2)c1. The molecule has 0 aliphatic carbocycles. The van der Waals surface area contributed by atoms with Crippen LogP contribution in [0.2, 0.25) is 0 Å². The average Bonchev–Trinajstić information content (AvgIpc) is 2.84. The lowest BCUT2D eigenvalue weighted by Gasteiger charge is -2.34. The number of hydrogen-bond acceptors (Lipinski definition) is 2. The summed E-state index contributed by atoms with van der Waals surface area (Å²) in [6.45, 7) is 0.945. The lowest BCUT2D eigenvalue weighted by molar-refractivity contribution is 0.203. The second-order valence-corrected chi connectivity index (χ2v) is 6.66. The van der Waals surface area contributed by atoms with E-state index in [-0.39, 0.29) is 5.82 Å².